The molecule has 0 aliphatic carbocycles. The van der Waals surface area contributed by atoms with Crippen LogP contribution in [0.5, 0.6) is 0 Å². The van der Waals surface area contributed by atoms with Gasteiger partial charge in [0.15, 0.2) is 5.69 Å². The van der Waals surface area contributed by atoms with Crippen LogP contribution in [0.2, 0.25) is 0 Å². The molecule has 2 amide bonds. The van der Waals surface area contributed by atoms with Crippen LogP contribution in [0, 0.1) is 23.0 Å². The molecule has 11 nitrogen and oxygen atoms in total. The van der Waals surface area contributed by atoms with E-state index in [1.54, 1.807) is 24.7 Å². The second kappa shape index (κ2) is 7.76. The average molecular weight is 363 g/mol. The Kier molecular flexibility index (Phi) is 5.70. The second-order valence-electron chi connectivity index (χ2n) is 5.80. The molecule has 2 heterocycles. The molecule has 0 aromatic carbocycles. The quantitative estimate of drug-likeness (QED) is 0.555. The number of nitrogens with one attached hydrogen (secondary N) is 2. The SMILES string of the molecule is CCn1cc(NC(=O)C(C)Cn2nc([N+](=O)[O-])cc2C)c(C(=O)NC)n1. The minimum Gasteiger partial charge on any atom is -0.358 e. The molecule has 0 saturated heterocycles. The van der Waals surface area contributed by atoms with Gasteiger partial charge in [-0.3, -0.25) is 14.3 Å². The van der Waals surface area contributed by atoms with Gasteiger partial charge in [-0.2, -0.15) is 9.78 Å². The van der Waals surface area contributed by atoms with Gasteiger partial charge in [-0.25, -0.2) is 0 Å². The van der Waals surface area contributed by atoms with Crippen molar-refractivity contribution < 1.29 is 14.5 Å². The number of carbonyl (C=O) groups excluding carboxylic acids is 2. The fourth-order valence-electron chi connectivity index (χ4n) is 2.33. The van der Waals surface area contributed by atoms with Crippen molar-refractivity contribution in [3.05, 3.63) is 33.8 Å². The first-order chi connectivity index (χ1) is 12.3. The molecule has 1 unspecified atom stereocenters. The molecular weight excluding hydrogens is 342 g/mol. The summed E-state index contributed by atoms with van der Waals surface area (Å²) in [4.78, 5) is 34.6. The third-order valence-electron chi connectivity index (χ3n) is 3.84. The summed E-state index contributed by atoms with van der Waals surface area (Å²) < 4.78 is 2.96. The van der Waals surface area contributed by atoms with Crippen molar-refractivity contribution in [2.75, 3.05) is 12.4 Å². The van der Waals surface area contributed by atoms with Gasteiger partial charge < -0.3 is 20.7 Å². The zero-order valence-corrected chi connectivity index (χ0v) is 15.0. The van der Waals surface area contributed by atoms with E-state index < -0.39 is 16.7 Å². The van der Waals surface area contributed by atoms with E-state index in [1.165, 1.54) is 17.8 Å². The average Bonchev–Trinajstić information content (AvgIpc) is 3.18. The van der Waals surface area contributed by atoms with Crippen molar-refractivity contribution in [2.24, 2.45) is 5.92 Å². The highest BCUT2D eigenvalue weighted by atomic mass is 16.6. The first-order valence-electron chi connectivity index (χ1n) is 8.06. The largest absolute Gasteiger partial charge is 0.390 e. The van der Waals surface area contributed by atoms with E-state index >= 15 is 0 Å². The van der Waals surface area contributed by atoms with Gasteiger partial charge in [0, 0.05) is 19.8 Å². The van der Waals surface area contributed by atoms with Gasteiger partial charge in [0.1, 0.15) is 0 Å². The highest BCUT2D eigenvalue weighted by molar-refractivity contribution is 6.02. The van der Waals surface area contributed by atoms with Gasteiger partial charge in [0.25, 0.3) is 5.91 Å². The highest BCUT2D eigenvalue weighted by Crippen LogP contribution is 2.17. The van der Waals surface area contributed by atoms with E-state index in [0.29, 0.717) is 17.9 Å². The van der Waals surface area contributed by atoms with Crippen LogP contribution in [0.25, 0.3) is 0 Å². The van der Waals surface area contributed by atoms with Crippen LogP contribution in [0.1, 0.15) is 30.0 Å². The van der Waals surface area contributed by atoms with E-state index in [-0.39, 0.29) is 24.0 Å². The number of nitro groups is 1. The number of hydrogen-bond acceptors (Lipinski definition) is 6. The van der Waals surface area contributed by atoms with Crippen LogP contribution in [-0.2, 0) is 17.9 Å². The molecule has 140 valence electrons. The molecule has 1 atom stereocenters. The number of hydrogen-bond donors (Lipinski definition) is 2. The maximum atomic E-state index is 12.5. The molecule has 11 heteroatoms. The lowest BCUT2D eigenvalue weighted by Crippen LogP contribution is -2.27. The molecule has 0 saturated carbocycles. The Bertz CT molecular complexity index is 839. The maximum absolute atomic E-state index is 12.5. The Hall–Kier alpha value is -3.24. The summed E-state index contributed by atoms with van der Waals surface area (Å²) >= 11 is 0. The first-order valence-corrected chi connectivity index (χ1v) is 8.06. The van der Waals surface area contributed by atoms with Crippen LogP contribution in [0.4, 0.5) is 11.5 Å². The number of rotatable bonds is 7. The number of anilines is 1. The zero-order chi connectivity index (χ0) is 19.4. The summed E-state index contributed by atoms with van der Waals surface area (Å²) in [5.41, 5.74) is 1.02. The molecule has 0 bridgehead atoms. The summed E-state index contributed by atoms with van der Waals surface area (Å²) in [6.45, 7) is 5.93. The lowest BCUT2D eigenvalue weighted by molar-refractivity contribution is -0.389. The van der Waals surface area contributed by atoms with Crippen LogP contribution < -0.4 is 10.6 Å². The van der Waals surface area contributed by atoms with Crippen molar-refractivity contribution in [1.29, 1.82) is 0 Å². The highest BCUT2D eigenvalue weighted by Gasteiger charge is 2.23. The first kappa shape index (κ1) is 19.1. The number of carbonyl (C=O) groups is 2. The summed E-state index contributed by atoms with van der Waals surface area (Å²) in [6, 6.07) is 1.35. The third-order valence-corrected chi connectivity index (χ3v) is 3.84. The molecule has 0 spiro atoms. The summed E-state index contributed by atoms with van der Waals surface area (Å²) in [5.74, 6) is -1.54. The molecule has 0 fully saturated rings. The van der Waals surface area contributed by atoms with Crippen LogP contribution in [0.15, 0.2) is 12.3 Å². The molecule has 2 aromatic rings. The van der Waals surface area contributed by atoms with Gasteiger partial charge in [0.2, 0.25) is 5.91 Å². The molecule has 0 radical (unpaired) electrons. The van der Waals surface area contributed by atoms with E-state index in [1.807, 2.05) is 6.92 Å². The molecule has 2 rings (SSSR count). The molecule has 0 aliphatic heterocycles. The minimum absolute atomic E-state index is 0.126. The Morgan fingerprint density at radius 2 is 2.08 bits per heavy atom. The normalized spacial score (nSPS) is 11.8. The topological polar surface area (TPSA) is 137 Å². The van der Waals surface area contributed by atoms with E-state index in [9.17, 15) is 19.7 Å². The zero-order valence-electron chi connectivity index (χ0n) is 15.0. The molecular formula is C15H21N7O4. The molecule has 0 aliphatic rings. The number of amides is 2. The summed E-state index contributed by atoms with van der Waals surface area (Å²) in [7, 11) is 1.48. The van der Waals surface area contributed by atoms with Crippen molar-refractivity contribution in [2.45, 2.75) is 33.9 Å². The van der Waals surface area contributed by atoms with Crippen molar-refractivity contribution in [1.82, 2.24) is 24.9 Å². The molecule has 2 N–H and O–H groups in total. The smallest absolute Gasteiger partial charge is 0.358 e. The van der Waals surface area contributed by atoms with E-state index in [0.717, 1.165) is 0 Å². The summed E-state index contributed by atoms with van der Waals surface area (Å²) in [6.07, 6.45) is 1.58. The number of aromatic nitrogens is 4. The Labute approximate surface area is 149 Å². The summed E-state index contributed by atoms with van der Waals surface area (Å²) in [5, 5.41) is 24.0. The number of nitrogens with zero attached hydrogens (tertiary/aromatic N) is 5. The predicted molar refractivity (Wildman–Crippen MR) is 92.7 cm³/mol. The van der Waals surface area contributed by atoms with Crippen molar-refractivity contribution in [3.8, 4) is 0 Å². The fourth-order valence-corrected chi connectivity index (χ4v) is 2.33. The molecule has 26 heavy (non-hydrogen) atoms. The van der Waals surface area contributed by atoms with Gasteiger partial charge in [-0.1, -0.05) is 6.92 Å². The van der Waals surface area contributed by atoms with Crippen molar-refractivity contribution >= 4 is 23.3 Å². The van der Waals surface area contributed by atoms with Crippen LogP contribution >= 0.6 is 0 Å². The standard InChI is InChI=1S/C15H21N7O4/c1-5-20-8-11(13(19-20)15(24)16-4)17-14(23)9(2)7-21-10(3)6-12(18-21)22(25)26/h6,8-9H,5,7H2,1-4H3,(H,16,24)(H,17,23). The van der Waals surface area contributed by atoms with Crippen molar-refractivity contribution in [3.63, 3.8) is 0 Å². The van der Waals surface area contributed by atoms with Gasteiger partial charge >= 0.3 is 5.82 Å². The van der Waals surface area contributed by atoms with Crippen LogP contribution in [-0.4, -0.2) is 43.3 Å². The van der Waals surface area contributed by atoms with Gasteiger partial charge in [-0.05, 0) is 18.8 Å². The Morgan fingerprint density at radius 3 is 2.62 bits per heavy atom. The lowest BCUT2D eigenvalue weighted by atomic mass is 10.1. The Morgan fingerprint density at radius 1 is 1.38 bits per heavy atom. The number of aryl methyl sites for hydroxylation is 2. The fraction of sp³-hybridized carbons (Fsp3) is 0.467. The van der Waals surface area contributed by atoms with E-state index in [2.05, 4.69) is 20.8 Å². The lowest BCUT2D eigenvalue weighted by Gasteiger charge is -2.11. The second-order valence-corrected chi connectivity index (χ2v) is 5.80. The predicted octanol–water partition coefficient (Wildman–Crippen LogP) is 0.951. The Balaban J connectivity index is 2.13. The monoisotopic (exact) mass is 363 g/mol. The third kappa shape index (κ3) is 4.05. The molecule has 2 aromatic heterocycles. The maximum Gasteiger partial charge on any atom is 0.390 e. The van der Waals surface area contributed by atoms with E-state index in [4.69, 9.17) is 0 Å². The van der Waals surface area contributed by atoms with Crippen LogP contribution in [0.3, 0.4) is 0 Å². The minimum atomic E-state index is -0.580. The van der Waals surface area contributed by atoms with Gasteiger partial charge in [0.05, 0.1) is 35.0 Å². The van der Waals surface area contributed by atoms with Gasteiger partial charge in [-0.15, -0.1) is 0 Å².